The van der Waals surface area contributed by atoms with Crippen LogP contribution in [0.25, 0.3) is 0 Å². The standard InChI is InChI=1S/C25H35N3O3S/c1-17-15-18(2)20(4)24(19(17)3)32(30,31)28-13-11-22(12-14-28)25(29)26-16-21-7-9-23(10-8-21)27(5)6/h7-10,15,22H,11-14,16H2,1-6H3,(H,26,29). The molecule has 0 spiro atoms. The van der Waals surface area contributed by atoms with Gasteiger partial charge >= 0.3 is 0 Å². The lowest BCUT2D eigenvalue weighted by Crippen LogP contribution is -2.43. The Balaban J connectivity index is 1.61. The number of hydrogen-bond acceptors (Lipinski definition) is 4. The number of carbonyl (C=O) groups is 1. The lowest BCUT2D eigenvalue weighted by atomic mass is 9.97. The maximum Gasteiger partial charge on any atom is 0.243 e. The zero-order valence-corrected chi connectivity index (χ0v) is 20.8. The average molecular weight is 458 g/mol. The van der Waals surface area contributed by atoms with Gasteiger partial charge in [0.15, 0.2) is 0 Å². The number of anilines is 1. The van der Waals surface area contributed by atoms with Crippen molar-refractivity contribution < 1.29 is 13.2 Å². The number of sulfonamides is 1. The highest BCUT2D eigenvalue weighted by atomic mass is 32.2. The Hall–Kier alpha value is -2.38. The van der Waals surface area contributed by atoms with Gasteiger partial charge in [-0.2, -0.15) is 4.31 Å². The smallest absolute Gasteiger partial charge is 0.243 e. The van der Waals surface area contributed by atoms with E-state index in [9.17, 15) is 13.2 Å². The van der Waals surface area contributed by atoms with E-state index in [1.165, 1.54) is 0 Å². The summed E-state index contributed by atoms with van der Waals surface area (Å²) in [5.74, 6) is -0.165. The third-order valence-corrected chi connectivity index (χ3v) is 8.81. The van der Waals surface area contributed by atoms with Crippen LogP contribution in [0.3, 0.4) is 0 Å². The molecule has 2 aromatic carbocycles. The van der Waals surface area contributed by atoms with Crippen LogP contribution < -0.4 is 10.2 Å². The van der Waals surface area contributed by atoms with E-state index >= 15 is 0 Å². The fourth-order valence-electron chi connectivity index (χ4n) is 4.30. The Bertz CT molecular complexity index is 1060. The van der Waals surface area contributed by atoms with Crippen molar-refractivity contribution in [2.75, 3.05) is 32.1 Å². The number of nitrogens with one attached hydrogen (secondary N) is 1. The lowest BCUT2D eigenvalue weighted by Gasteiger charge is -2.32. The van der Waals surface area contributed by atoms with Crippen molar-refractivity contribution in [1.29, 1.82) is 0 Å². The molecule has 1 fully saturated rings. The van der Waals surface area contributed by atoms with Crippen molar-refractivity contribution >= 4 is 21.6 Å². The number of amides is 1. The number of benzene rings is 2. The van der Waals surface area contributed by atoms with Crippen LogP contribution in [0.4, 0.5) is 5.69 Å². The molecule has 0 aliphatic carbocycles. The number of aryl methyl sites for hydroxylation is 2. The summed E-state index contributed by atoms with van der Waals surface area (Å²) in [4.78, 5) is 15.1. The van der Waals surface area contributed by atoms with Gasteiger partial charge in [0, 0.05) is 45.3 Å². The molecule has 0 radical (unpaired) electrons. The Kier molecular flexibility index (Phi) is 7.30. The summed E-state index contributed by atoms with van der Waals surface area (Å²) >= 11 is 0. The van der Waals surface area contributed by atoms with Gasteiger partial charge in [-0.25, -0.2) is 8.42 Å². The Labute approximate surface area is 192 Å². The molecule has 1 aliphatic rings. The first kappa shape index (κ1) is 24.3. The van der Waals surface area contributed by atoms with E-state index in [2.05, 4.69) is 5.32 Å². The Morgan fingerprint density at radius 2 is 1.53 bits per heavy atom. The van der Waals surface area contributed by atoms with Crippen LogP contribution in [0.1, 0.15) is 40.7 Å². The van der Waals surface area contributed by atoms with Crippen molar-refractivity contribution in [1.82, 2.24) is 9.62 Å². The van der Waals surface area contributed by atoms with Gasteiger partial charge < -0.3 is 10.2 Å². The first-order valence-electron chi connectivity index (χ1n) is 11.1. The van der Waals surface area contributed by atoms with Gasteiger partial charge in [0.25, 0.3) is 0 Å². The maximum atomic E-state index is 13.4. The molecule has 174 valence electrons. The SMILES string of the molecule is Cc1cc(C)c(C)c(S(=O)(=O)N2CCC(C(=O)NCc3ccc(N(C)C)cc3)CC2)c1C. The second-order valence-corrected chi connectivity index (χ2v) is 10.9. The summed E-state index contributed by atoms with van der Waals surface area (Å²) in [6.45, 7) is 8.86. The molecule has 1 N–H and O–H groups in total. The molecule has 6 nitrogen and oxygen atoms in total. The van der Waals surface area contributed by atoms with Crippen LogP contribution in [0, 0.1) is 33.6 Å². The van der Waals surface area contributed by atoms with Gasteiger partial charge in [-0.15, -0.1) is 0 Å². The summed E-state index contributed by atoms with van der Waals surface area (Å²) in [6.07, 6.45) is 1.07. The number of hydrogen-bond donors (Lipinski definition) is 1. The third kappa shape index (κ3) is 4.99. The summed E-state index contributed by atoms with van der Waals surface area (Å²) in [5.41, 5.74) is 5.76. The van der Waals surface area contributed by atoms with Crippen LogP contribution in [0.5, 0.6) is 0 Å². The average Bonchev–Trinajstić information content (AvgIpc) is 2.76. The van der Waals surface area contributed by atoms with Gasteiger partial charge in [-0.3, -0.25) is 4.79 Å². The van der Waals surface area contributed by atoms with Crippen molar-refractivity contribution in [3.05, 3.63) is 58.1 Å². The predicted molar refractivity (Wildman–Crippen MR) is 129 cm³/mol. The molecule has 32 heavy (non-hydrogen) atoms. The van der Waals surface area contributed by atoms with Gasteiger partial charge in [0.2, 0.25) is 15.9 Å². The molecule has 7 heteroatoms. The van der Waals surface area contributed by atoms with Crippen molar-refractivity contribution in [2.45, 2.75) is 52.0 Å². The molecule has 0 saturated carbocycles. The predicted octanol–water partition coefficient (Wildman–Crippen LogP) is 3.70. The molecule has 1 heterocycles. The molecule has 0 atom stereocenters. The minimum Gasteiger partial charge on any atom is -0.378 e. The van der Waals surface area contributed by atoms with E-state index < -0.39 is 10.0 Å². The maximum absolute atomic E-state index is 13.4. The van der Waals surface area contributed by atoms with Gasteiger partial charge in [-0.1, -0.05) is 18.2 Å². The fourth-order valence-corrected chi connectivity index (χ4v) is 6.35. The van der Waals surface area contributed by atoms with Gasteiger partial charge in [0.1, 0.15) is 0 Å². The minimum atomic E-state index is -3.59. The highest BCUT2D eigenvalue weighted by Crippen LogP contribution is 2.31. The van der Waals surface area contributed by atoms with Crippen molar-refractivity contribution in [3.8, 4) is 0 Å². The highest BCUT2D eigenvalue weighted by molar-refractivity contribution is 7.89. The highest BCUT2D eigenvalue weighted by Gasteiger charge is 2.34. The van der Waals surface area contributed by atoms with E-state index in [4.69, 9.17) is 0 Å². The topological polar surface area (TPSA) is 69.7 Å². The summed E-state index contributed by atoms with van der Waals surface area (Å²) < 4.78 is 28.4. The van der Waals surface area contributed by atoms with Crippen LogP contribution >= 0.6 is 0 Å². The summed E-state index contributed by atoms with van der Waals surface area (Å²) in [7, 11) is 0.398. The second kappa shape index (κ2) is 9.63. The fraction of sp³-hybridized carbons (Fsp3) is 0.480. The molecule has 1 amide bonds. The van der Waals surface area contributed by atoms with Crippen molar-refractivity contribution in [3.63, 3.8) is 0 Å². The van der Waals surface area contributed by atoms with Gasteiger partial charge in [0.05, 0.1) is 4.90 Å². The minimum absolute atomic E-state index is 0.00232. The number of piperidine rings is 1. The molecule has 1 saturated heterocycles. The van der Waals surface area contributed by atoms with E-state index in [1.807, 2.05) is 77.0 Å². The molecule has 2 aromatic rings. The first-order valence-corrected chi connectivity index (χ1v) is 12.6. The summed E-state index contributed by atoms with van der Waals surface area (Å²) in [6, 6.07) is 10.1. The molecular weight excluding hydrogens is 422 g/mol. The van der Waals surface area contributed by atoms with E-state index in [-0.39, 0.29) is 11.8 Å². The molecular formula is C25H35N3O3S. The second-order valence-electron chi connectivity index (χ2n) is 9.05. The van der Waals surface area contributed by atoms with E-state index in [0.29, 0.717) is 37.4 Å². The number of nitrogens with zero attached hydrogens (tertiary/aromatic N) is 2. The zero-order chi connectivity index (χ0) is 23.6. The first-order chi connectivity index (χ1) is 15.0. The zero-order valence-electron chi connectivity index (χ0n) is 20.0. The third-order valence-electron chi connectivity index (χ3n) is 6.64. The van der Waals surface area contributed by atoms with Crippen LogP contribution in [0.2, 0.25) is 0 Å². The monoisotopic (exact) mass is 457 g/mol. The van der Waals surface area contributed by atoms with Crippen molar-refractivity contribution in [2.24, 2.45) is 5.92 Å². The number of carbonyl (C=O) groups excluding carboxylic acids is 1. The van der Waals surface area contributed by atoms with E-state index in [1.54, 1.807) is 4.31 Å². The number of rotatable bonds is 6. The van der Waals surface area contributed by atoms with Crippen LogP contribution in [-0.2, 0) is 21.4 Å². The molecule has 3 rings (SSSR count). The molecule has 0 unspecified atom stereocenters. The van der Waals surface area contributed by atoms with Gasteiger partial charge in [-0.05, 0) is 80.5 Å². The van der Waals surface area contributed by atoms with Crippen LogP contribution in [-0.4, -0.2) is 45.8 Å². The van der Waals surface area contributed by atoms with Crippen LogP contribution in [0.15, 0.2) is 35.2 Å². The normalized spacial score (nSPS) is 15.6. The quantitative estimate of drug-likeness (QED) is 0.718. The molecule has 0 aromatic heterocycles. The van der Waals surface area contributed by atoms with E-state index in [0.717, 1.165) is 33.5 Å². The Morgan fingerprint density at radius 3 is 2.03 bits per heavy atom. The summed E-state index contributed by atoms with van der Waals surface area (Å²) in [5, 5.41) is 3.02. The largest absolute Gasteiger partial charge is 0.378 e. The lowest BCUT2D eigenvalue weighted by molar-refractivity contribution is -0.126. The Morgan fingerprint density at radius 1 is 1.00 bits per heavy atom. The molecule has 0 bridgehead atoms. The molecule has 1 aliphatic heterocycles.